The van der Waals surface area contributed by atoms with Gasteiger partial charge in [0.15, 0.2) is 5.69 Å². The van der Waals surface area contributed by atoms with Crippen LogP contribution < -0.4 is 16.0 Å². The van der Waals surface area contributed by atoms with Gasteiger partial charge in [-0.15, -0.1) is 17.5 Å². The van der Waals surface area contributed by atoms with Gasteiger partial charge in [0.1, 0.15) is 0 Å². The monoisotopic (exact) mass is 406 g/mol. The summed E-state index contributed by atoms with van der Waals surface area (Å²) in [7, 11) is 0. The van der Waals surface area contributed by atoms with Crippen LogP contribution in [-0.4, -0.2) is 46.4 Å². The molecule has 1 aliphatic rings. The van der Waals surface area contributed by atoms with Gasteiger partial charge in [-0.2, -0.15) is 0 Å². The summed E-state index contributed by atoms with van der Waals surface area (Å²) in [4.78, 5) is 24.5. The first-order valence-corrected chi connectivity index (χ1v) is 9.42. The molecular weight excluding hydrogens is 380 g/mol. The third-order valence-corrected chi connectivity index (χ3v) is 4.74. The molecule has 1 fully saturated rings. The number of rotatable bonds is 6. The Morgan fingerprint density at radius 2 is 1.86 bits per heavy atom. The van der Waals surface area contributed by atoms with Crippen molar-refractivity contribution in [3.8, 4) is 0 Å². The zero-order chi connectivity index (χ0) is 19.2. The van der Waals surface area contributed by atoms with Crippen molar-refractivity contribution in [1.29, 1.82) is 0 Å². The molecule has 2 aromatic rings. The largest absolute Gasteiger partial charge is 0.352 e. The molecule has 8 nitrogen and oxygen atoms in total. The molecule has 0 saturated carbocycles. The Bertz CT molecular complexity index is 799. The number of nitrogens with one attached hydrogen (secondary N) is 3. The lowest BCUT2D eigenvalue weighted by atomic mass is 10.1. The predicted octanol–water partition coefficient (Wildman–Crippen LogP) is 2.32. The number of nitrogens with zero attached hydrogens (tertiary/aromatic N) is 3. The molecule has 3 rings (SSSR count). The maximum absolute atomic E-state index is 12.6. The second kappa shape index (κ2) is 10.2. The van der Waals surface area contributed by atoms with Crippen molar-refractivity contribution < 1.29 is 9.59 Å². The highest BCUT2D eigenvalue weighted by Gasteiger charge is 2.23. The first kappa shape index (κ1) is 21.8. The quantitative estimate of drug-likeness (QED) is 0.683. The lowest BCUT2D eigenvalue weighted by molar-refractivity contribution is 0.0953. The number of piperidine rings is 1. The third-order valence-electron chi connectivity index (χ3n) is 4.74. The fourth-order valence-electron chi connectivity index (χ4n) is 3.18. The summed E-state index contributed by atoms with van der Waals surface area (Å²) >= 11 is 0. The molecule has 0 bridgehead atoms. The molecule has 1 aromatic heterocycles. The molecular formula is C19H27ClN6O2. The summed E-state index contributed by atoms with van der Waals surface area (Å²) in [6.07, 6.45) is 2.84. The standard InChI is InChI=1S/C19H26N6O2.ClH/c1-3-10-21-18(26)14-4-6-15(7-5-14)22-19(27)17-13(2)25(24-23-17)16-8-11-20-12-9-16;/h4-7,16,20H,3,8-12H2,1-2H3,(H,21,26)(H,22,27);1H. The van der Waals surface area contributed by atoms with Crippen LogP contribution in [0.3, 0.4) is 0 Å². The molecule has 0 radical (unpaired) electrons. The molecule has 0 unspecified atom stereocenters. The Labute approximate surface area is 170 Å². The van der Waals surface area contributed by atoms with E-state index < -0.39 is 0 Å². The zero-order valence-electron chi connectivity index (χ0n) is 16.2. The van der Waals surface area contributed by atoms with Gasteiger partial charge in [-0.05, 0) is 63.5 Å². The summed E-state index contributed by atoms with van der Waals surface area (Å²) in [6, 6.07) is 7.09. The normalized spacial score (nSPS) is 14.2. The van der Waals surface area contributed by atoms with E-state index >= 15 is 0 Å². The minimum absolute atomic E-state index is 0. The van der Waals surface area contributed by atoms with Crippen LogP contribution in [-0.2, 0) is 0 Å². The number of benzene rings is 1. The fraction of sp³-hybridized carbons (Fsp3) is 0.474. The molecule has 1 aromatic carbocycles. The highest BCUT2D eigenvalue weighted by atomic mass is 35.5. The summed E-state index contributed by atoms with van der Waals surface area (Å²) in [5.41, 5.74) is 2.28. The van der Waals surface area contributed by atoms with Crippen LogP contribution in [0.25, 0.3) is 0 Å². The second-order valence-electron chi connectivity index (χ2n) is 6.74. The number of halogens is 1. The highest BCUT2D eigenvalue weighted by Crippen LogP contribution is 2.21. The highest BCUT2D eigenvalue weighted by molar-refractivity contribution is 6.03. The van der Waals surface area contributed by atoms with E-state index in [-0.39, 0.29) is 30.3 Å². The van der Waals surface area contributed by atoms with Crippen molar-refractivity contribution in [1.82, 2.24) is 25.6 Å². The van der Waals surface area contributed by atoms with Crippen molar-refractivity contribution in [2.75, 3.05) is 25.0 Å². The molecule has 0 spiro atoms. The number of aromatic nitrogens is 3. The van der Waals surface area contributed by atoms with E-state index in [1.54, 1.807) is 24.3 Å². The molecule has 2 heterocycles. The van der Waals surface area contributed by atoms with E-state index in [1.165, 1.54) is 0 Å². The number of hydrogen-bond donors (Lipinski definition) is 3. The van der Waals surface area contributed by atoms with Crippen LogP contribution in [0.1, 0.15) is 58.8 Å². The van der Waals surface area contributed by atoms with Crippen LogP contribution >= 0.6 is 12.4 Å². The van der Waals surface area contributed by atoms with Crippen molar-refractivity contribution in [3.63, 3.8) is 0 Å². The van der Waals surface area contributed by atoms with Crippen LogP contribution in [0.15, 0.2) is 24.3 Å². The Morgan fingerprint density at radius 3 is 2.50 bits per heavy atom. The molecule has 152 valence electrons. The van der Waals surface area contributed by atoms with Gasteiger partial charge < -0.3 is 16.0 Å². The number of carbonyl (C=O) groups is 2. The molecule has 1 saturated heterocycles. The van der Waals surface area contributed by atoms with Gasteiger partial charge in [0, 0.05) is 17.8 Å². The molecule has 0 atom stereocenters. The average Bonchev–Trinajstić information content (AvgIpc) is 3.09. The molecule has 9 heteroatoms. The number of carbonyl (C=O) groups excluding carboxylic acids is 2. The third kappa shape index (κ3) is 5.08. The average molecular weight is 407 g/mol. The van der Waals surface area contributed by atoms with E-state index in [0.717, 1.165) is 38.0 Å². The molecule has 28 heavy (non-hydrogen) atoms. The Hall–Kier alpha value is -2.45. The van der Waals surface area contributed by atoms with Crippen LogP contribution in [0.2, 0.25) is 0 Å². The maximum atomic E-state index is 12.6. The summed E-state index contributed by atoms with van der Waals surface area (Å²) in [5, 5.41) is 17.2. The summed E-state index contributed by atoms with van der Waals surface area (Å²) < 4.78 is 1.86. The van der Waals surface area contributed by atoms with Gasteiger partial charge in [-0.3, -0.25) is 9.59 Å². The van der Waals surface area contributed by atoms with Crippen molar-refractivity contribution in [3.05, 3.63) is 41.2 Å². The van der Waals surface area contributed by atoms with E-state index in [2.05, 4.69) is 26.3 Å². The molecule has 1 aliphatic heterocycles. The lowest BCUT2D eigenvalue weighted by Crippen LogP contribution is -2.30. The first-order chi connectivity index (χ1) is 13.1. The van der Waals surface area contributed by atoms with Crippen LogP contribution in [0, 0.1) is 6.92 Å². The number of anilines is 1. The topological polar surface area (TPSA) is 101 Å². The van der Waals surface area contributed by atoms with E-state index in [1.807, 2.05) is 18.5 Å². The Morgan fingerprint density at radius 1 is 1.18 bits per heavy atom. The number of amides is 2. The first-order valence-electron chi connectivity index (χ1n) is 9.42. The maximum Gasteiger partial charge on any atom is 0.278 e. The number of hydrogen-bond acceptors (Lipinski definition) is 5. The Balaban J connectivity index is 0.00000280. The van der Waals surface area contributed by atoms with Crippen molar-refractivity contribution >= 4 is 29.9 Å². The fourth-order valence-corrected chi connectivity index (χ4v) is 3.18. The SMILES string of the molecule is CCCNC(=O)c1ccc(NC(=O)c2nnn(C3CCNCC3)c2C)cc1.Cl. The molecule has 3 N–H and O–H groups in total. The van der Waals surface area contributed by atoms with Crippen LogP contribution in [0.4, 0.5) is 5.69 Å². The van der Waals surface area contributed by atoms with E-state index in [4.69, 9.17) is 0 Å². The molecule has 2 amide bonds. The predicted molar refractivity (Wildman–Crippen MR) is 110 cm³/mol. The van der Waals surface area contributed by atoms with Gasteiger partial charge in [-0.1, -0.05) is 12.1 Å². The van der Waals surface area contributed by atoms with Crippen molar-refractivity contribution in [2.45, 2.75) is 39.2 Å². The van der Waals surface area contributed by atoms with Gasteiger partial charge in [0.25, 0.3) is 11.8 Å². The van der Waals surface area contributed by atoms with Crippen LogP contribution in [0.5, 0.6) is 0 Å². The van der Waals surface area contributed by atoms with Gasteiger partial charge in [0.05, 0.1) is 11.7 Å². The summed E-state index contributed by atoms with van der Waals surface area (Å²) in [6.45, 7) is 6.41. The van der Waals surface area contributed by atoms with Gasteiger partial charge in [-0.25, -0.2) is 4.68 Å². The van der Waals surface area contributed by atoms with E-state index in [9.17, 15) is 9.59 Å². The second-order valence-corrected chi connectivity index (χ2v) is 6.74. The minimum atomic E-state index is -0.295. The van der Waals surface area contributed by atoms with Crippen molar-refractivity contribution in [2.24, 2.45) is 0 Å². The Kier molecular flexibility index (Phi) is 7.95. The van der Waals surface area contributed by atoms with Gasteiger partial charge >= 0.3 is 0 Å². The lowest BCUT2D eigenvalue weighted by Gasteiger charge is -2.23. The smallest absolute Gasteiger partial charge is 0.278 e. The van der Waals surface area contributed by atoms with Gasteiger partial charge in [0.2, 0.25) is 0 Å². The van der Waals surface area contributed by atoms with E-state index in [0.29, 0.717) is 23.5 Å². The zero-order valence-corrected chi connectivity index (χ0v) is 17.0. The minimum Gasteiger partial charge on any atom is -0.352 e. The summed E-state index contributed by atoms with van der Waals surface area (Å²) in [5.74, 6) is -0.411. The molecule has 0 aliphatic carbocycles.